The minimum Gasteiger partial charge on any atom is -0.494 e. The van der Waals surface area contributed by atoms with Crippen LogP contribution in [0.1, 0.15) is 36.5 Å². The van der Waals surface area contributed by atoms with Crippen LogP contribution in [0.3, 0.4) is 0 Å². The van der Waals surface area contributed by atoms with Crippen LogP contribution in [0.5, 0.6) is 5.75 Å². The normalized spacial score (nSPS) is 14.3. The van der Waals surface area contributed by atoms with E-state index in [9.17, 15) is 4.79 Å². The van der Waals surface area contributed by atoms with Crippen molar-refractivity contribution in [1.29, 1.82) is 0 Å². The minimum atomic E-state index is -0.885. The third-order valence-electron chi connectivity index (χ3n) is 4.98. The SMILES string of the molecule is CCCCCOc1ccc(N2CCN(c3ccc(C(=O)O)cc3)CC2)cc1. The van der Waals surface area contributed by atoms with Gasteiger partial charge in [0.05, 0.1) is 12.2 Å². The Kier molecular flexibility index (Phi) is 6.58. The van der Waals surface area contributed by atoms with Crippen molar-refractivity contribution in [2.24, 2.45) is 0 Å². The van der Waals surface area contributed by atoms with Crippen molar-refractivity contribution in [3.63, 3.8) is 0 Å². The molecule has 1 fully saturated rings. The van der Waals surface area contributed by atoms with E-state index in [0.29, 0.717) is 5.56 Å². The Balaban J connectivity index is 1.50. The number of nitrogens with zero attached hydrogens (tertiary/aromatic N) is 2. The fourth-order valence-corrected chi connectivity index (χ4v) is 3.33. The second-order valence-corrected chi connectivity index (χ2v) is 6.88. The molecule has 0 saturated carbocycles. The van der Waals surface area contributed by atoms with Crippen LogP contribution in [0.25, 0.3) is 0 Å². The number of unbranched alkanes of at least 4 members (excludes halogenated alkanes) is 2. The summed E-state index contributed by atoms with van der Waals surface area (Å²) in [5.74, 6) is 0.0520. The summed E-state index contributed by atoms with van der Waals surface area (Å²) in [6.45, 7) is 6.70. The van der Waals surface area contributed by atoms with E-state index >= 15 is 0 Å². The molecule has 1 N–H and O–H groups in total. The van der Waals surface area contributed by atoms with Crippen LogP contribution in [0.15, 0.2) is 48.5 Å². The second kappa shape index (κ2) is 9.31. The van der Waals surface area contributed by atoms with Crippen LogP contribution in [0, 0.1) is 0 Å². The highest BCUT2D eigenvalue weighted by Gasteiger charge is 2.18. The lowest BCUT2D eigenvalue weighted by Crippen LogP contribution is -2.46. The molecule has 0 atom stereocenters. The zero-order valence-corrected chi connectivity index (χ0v) is 15.9. The standard InChI is InChI=1S/C22H28N2O3/c1-2-3-4-17-27-21-11-9-20(10-12-21)24-15-13-23(14-16-24)19-7-5-18(6-8-19)22(25)26/h5-12H,2-4,13-17H2,1H3,(H,25,26). The van der Waals surface area contributed by atoms with Gasteiger partial charge in [-0.3, -0.25) is 0 Å². The van der Waals surface area contributed by atoms with E-state index < -0.39 is 5.97 Å². The number of carboxylic acids is 1. The molecular formula is C22H28N2O3. The lowest BCUT2D eigenvalue weighted by atomic mass is 10.1. The molecule has 0 bridgehead atoms. The first-order valence-corrected chi connectivity index (χ1v) is 9.73. The fourth-order valence-electron chi connectivity index (χ4n) is 3.33. The monoisotopic (exact) mass is 368 g/mol. The number of aromatic carboxylic acids is 1. The van der Waals surface area contributed by atoms with Gasteiger partial charge < -0.3 is 19.6 Å². The molecule has 0 spiro atoms. The predicted octanol–water partition coefficient (Wildman–Crippen LogP) is 4.28. The van der Waals surface area contributed by atoms with Gasteiger partial charge in [0, 0.05) is 37.6 Å². The van der Waals surface area contributed by atoms with E-state index in [4.69, 9.17) is 9.84 Å². The summed E-state index contributed by atoms with van der Waals surface area (Å²) in [6, 6.07) is 15.5. The maximum Gasteiger partial charge on any atom is 0.335 e. The van der Waals surface area contributed by atoms with Gasteiger partial charge in [0.2, 0.25) is 0 Å². The summed E-state index contributed by atoms with van der Waals surface area (Å²) >= 11 is 0. The Bertz CT molecular complexity index is 720. The third-order valence-corrected chi connectivity index (χ3v) is 4.98. The first kappa shape index (κ1) is 19.1. The van der Waals surface area contributed by atoms with Crippen molar-refractivity contribution in [3.8, 4) is 5.75 Å². The summed E-state index contributed by atoms with van der Waals surface area (Å²) in [4.78, 5) is 15.6. The summed E-state index contributed by atoms with van der Waals surface area (Å²) in [6.07, 6.45) is 3.52. The number of carbonyl (C=O) groups is 1. The van der Waals surface area contributed by atoms with Gasteiger partial charge in [-0.15, -0.1) is 0 Å². The molecule has 0 amide bonds. The van der Waals surface area contributed by atoms with Gasteiger partial charge in [-0.05, 0) is 55.0 Å². The van der Waals surface area contributed by atoms with Gasteiger partial charge in [0.1, 0.15) is 5.75 Å². The highest BCUT2D eigenvalue weighted by molar-refractivity contribution is 5.88. The number of ether oxygens (including phenoxy) is 1. The van der Waals surface area contributed by atoms with Crippen molar-refractivity contribution in [1.82, 2.24) is 0 Å². The van der Waals surface area contributed by atoms with Gasteiger partial charge >= 0.3 is 5.97 Å². The molecule has 2 aromatic carbocycles. The van der Waals surface area contributed by atoms with Crippen molar-refractivity contribution < 1.29 is 14.6 Å². The first-order chi connectivity index (χ1) is 13.2. The number of benzene rings is 2. The average molecular weight is 368 g/mol. The number of carboxylic acid groups (broad SMARTS) is 1. The third kappa shape index (κ3) is 5.16. The van der Waals surface area contributed by atoms with Crippen LogP contribution in [0.4, 0.5) is 11.4 Å². The lowest BCUT2D eigenvalue weighted by molar-refractivity contribution is 0.0697. The van der Waals surface area contributed by atoms with Crippen molar-refractivity contribution in [2.45, 2.75) is 26.2 Å². The Morgan fingerprint density at radius 3 is 1.89 bits per heavy atom. The molecule has 0 aliphatic carbocycles. The Labute approximate surface area is 161 Å². The van der Waals surface area contributed by atoms with E-state index in [1.165, 1.54) is 18.5 Å². The largest absolute Gasteiger partial charge is 0.494 e. The molecular weight excluding hydrogens is 340 g/mol. The molecule has 5 nitrogen and oxygen atoms in total. The van der Waals surface area contributed by atoms with E-state index in [0.717, 1.165) is 50.6 Å². The molecule has 2 aromatic rings. The molecule has 27 heavy (non-hydrogen) atoms. The zero-order valence-electron chi connectivity index (χ0n) is 15.9. The quantitative estimate of drug-likeness (QED) is 0.705. The molecule has 1 heterocycles. The van der Waals surface area contributed by atoms with E-state index in [-0.39, 0.29) is 0 Å². The Hall–Kier alpha value is -2.69. The maximum absolute atomic E-state index is 11.0. The summed E-state index contributed by atoms with van der Waals surface area (Å²) in [7, 11) is 0. The van der Waals surface area contributed by atoms with Crippen LogP contribution in [-0.4, -0.2) is 43.9 Å². The Morgan fingerprint density at radius 1 is 0.889 bits per heavy atom. The highest BCUT2D eigenvalue weighted by atomic mass is 16.5. The molecule has 5 heteroatoms. The number of hydrogen-bond donors (Lipinski definition) is 1. The fraction of sp³-hybridized carbons (Fsp3) is 0.409. The molecule has 0 aromatic heterocycles. The molecule has 0 unspecified atom stereocenters. The Morgan fingerprint density at radius 2 is 1.41 bits per heavy atom. The molecule has 1 saturated heterocycles. The molecule has 1 aliphatic heterocycles. The van der Waals surface area contributed by atoms with E-state index in [1.54, 1.807) is 12.1 Å². The smallest absolute Gasteiger partial charge is 0.335 e. The van der Waals surface area contributed by atoms with Gasteiger partial charge in [0.25, 0.3) is 0 Å². The highest BCUT2D eigenvalue weighted by Crippen LogP contribution is 2.23. The van der Waals surface area contributed by atoms with Crippen molar-refractivity contribution in [3.05, 3.63) is 54.1 Å². The van der Waals surface area contributed by atoms with Crippen LogP contribution in [-0.2, 0) is 0 Å². The minimum absolute atomic E-state index is 0.328. The number of rotatable bonds is 8. The predicted molar refractivity (Wildman–Crippen MR) is 109 cm³/mol. The zero-order chi connectivity index (χ0) is 19.1. The van der Waals surface area contributed by atoms with Gasteiger partial charge in [-0.1, -0.05) is 19.8 Å². The molecule has 1 aliphatic rings. The average Bonchev–Trinajstić information content (AvgIpc) is 2.72. The molecule has 0 radical (unpaired) electrons. The number of piperazine rings is 1. The summed E-state index contributed by atoms with van der Waals surface area (Å²) < 4.78 is 5.78. The van der Waals surface area contributed by atoms with Crippen LogP contribution in [0.2, 0.25) is 0 Å². The topological polar surface area (TPSA) is 53.0 Å². The van der Waals surface area contributed by atoms with Gasteiger partial charge in [-0.2, -0.15) is 0 Å². The molecule has 144 valence electrons. The van der Waals surface area contributed by atoms with Gasteiger partial charge in [-0.25, -0.2) is 4.79 Å². The summed E-state index contributed by atoms with van der Waals surface area (Å²) in [5, 5.41) is 9.01. The van der Waals surface area contributed by atoms with E-state index in [2.05, 4.69) is 41.0 Å². The van der Waals surface area contributed by atoms with Crippen LogP contribution >= 0.6 is 0 Å². The second-order valence-electron chi connectivity index (χ2n) is 6.88. The maximum atomic E-state index is 11.0. The first-order valence-electron chi connectivity index (χ1n) is 9.73. The van der Waals surface area contributed by atoms with Gasteiger partial charge in [0.15, 0.2) is 0 Å². The number of anilines is 2. The van der Waals surface area contributed by atoms with Crippen molar-refractivity contribution in [2.75, 3.05) is 42.6 Å². The van der Waals surface area contributed by atoms with Crippen LogP contribution < -0.4 is 14.5 Å². The number of hydrogen-bond acceptors (Lipinski definition) is 4. The van der Waals surface area contributed by atoms with E-state index in [1.807, 2.05) is 12.1 Å². The molecule has 3 rings (SSSR count). The lowest BCUT2D eigenvalue weighted by Gasteiger charge is -2.37. The van der Waals surface area contributed by atoms with Crippen molar-refractivity contribution >= 4 is 17.3 Å². The summed E-state index contributed by atoms with van der Waals surface area (Å²) in [5.41, 5.74) is 2.63.